The Morgan fingerprint density at radius 2 is 1.61 bits per heavy atom. The second-order valence-corrected chi connectivity index (χ2v) is 5.97. The van der Waals surface area contributed by atoms with Crippen LogP contribution in [0, 0.1) is 0 Å². The van der Waals surface area contributed by atoms with Crippen molar-refractivity contribution >= 4 is 11.8 Å². The van der Waals surface area contributed by atoms with E-state index in [1.54, 1.807) is 14.0 Å². The molecule has 1 atom stereocenters. The first-order valence-corrected chi connectivity index (χ1v) is 8.28. The molecule has 2 N–H and O–H groups in total. The number of likely N-dealkylation sites (N-methyl/N-ethyl adjacent to an activating group) is 1. The van der Waals surface area contributed by atoms with Crippen molar-refractivity contribution in [3.05, 3.63) is 35.4 Å². The zero-order valence-corrected chi connectivity index (χ0v) is 14.7. The summed E-state index contributed by atoms with van der Waals surface area (Å²) in [6, 6.07) is 6.98. The number of benzene rings is 1. The average molecular weight is 319 g/mol. The lowest BCUT2D eigenvalue weighted by Gasteiger charge is -2.23. The minimum Gasteiger partial charge on any atom is -0.368 e. The van der Waals surface area contributed by atoms with Gasteiger partial charge in [0.1, 0.15) is 6.04 Å². The van der Waals surface area contributed by atoms with E-state index in [1.165, 1.54) is 10.5 Å². The van der Waals surface area contributed by atoms with Crippen LogP contribution in [0.15, 0.2) is 24.3 Å². The van der Waals surface area contributed by atoms with Gasteiger partial charge in [0.05, 0.1) is 0 Å². The minimum absolute atomic E-state index is 0.193. The van der Waals surface area contributed by atoms with Gasteiger partial charge in [0.25, 0.3) is 5.91 Å². The number of rotatable bonds is 9. The summed E-state index contributed by atoms with van der Waals surface area (Å²) < 4.78 is 0. The fourth-order valence-corrected chi connectivity index (χ4v) is 2.48. The van der Waals surface area contributed by atoms with Crippen LogP contribution in [0.1, 0.15) is 49.5 Å². The van der Waals surface area contributed by atoms with Crippen LogP contribution < -0.4 is 5.73 Å². The van der Waals surface area contributed by atoms with Crippen molar-refractivity contribution in [1.29, 1.82) is 0 Å². The van der Waals surface area contributed by atoms with Crippen LogP contribution in [-0.4, -0.2) is 47.8 Å². The number of nitrogens with two attached hydrogens (primary N) is 1. The van der Waals surface area contributed by atoms with E-state index in [2.05, 4.69) is 18.7 Å². The molecule has 128 valence electrons. The molecule has 0 aromatic heterocycles. The quantitative estimate of drug-likeness (QED) is 0.759. The standard InChI is InChI=1S/C18H29N3O2/c1-5-11-21(12-6-2)13-15-7-9-16(10-8-15)18(23)20(4)14(3)17(19)22/h7-10,14H,5-6,11-13H2,1-4H3,(H2,19,22). The van der Waals surface area contributed by atoms with Crippen LogP contribution >= 0.6 is 0 Å². The van der Waals surface area contributed by atoms with E-state index in [4.69, 9.17) is 5.73 Å². The van der Waals surface area contributed by atoms with Gasteiger partial charge in [-0.05, 0) is 50.6 Å². The summed E-state index contributed by atoms with van der Waals surface area (Å²) in [6.07, 6.45) is 2.26. The monoisotopic (exact) mass is 319 g/mol. The van der Waals surface area contributed by atoms with Crippen LogP contribution in [0.3, 0.4) is 0 Å². The highest BCUT2D eigenvalue weighted by Crippen LogP contribution is 2.11. The Bertz CT molecular complexity index is 508. The van der Waals surface area contributed by atoms with Gasteiger partial charge >= 0.3 is 0 Å². The third-order valence-corrected chi connectivity index (χ3v) is 4.00. The highest BCUT2D eigenvalue weighted by atomic mass is 16.2. The summed E-state index contributed by atoms with van der Waals surface area (Å²) in [5.41, 5.74) is 7.01. The molecule has 0 heterocycles. The van der Waals surface area contributed by atoms with Gasteiger partial charge in [-0.1, -0.05) is 26.0 Å². The summed E-state index contributed by atoms with van der Waals surface area (Å²) in [7, 11) is 1.59. The number of nitrogens with zero attached hydrogens (tertiary/aromatic N) is 2. The van der Waals surface area contributed by atoms with Crippen molar-refractivity contribution in [2.75, 3.05) is 20.1 Å². The highest BCUT2D eigenvalue weighted by molar-refractivity contribution is 5.97. The molecule has 1 unspecified atom stereocenters. The van der Waals surface area contributed by atoms with Gasteiger partial charge in [-0.25, -0.2) is 0 Å². The molecule has 0 spiro atoms. The van der Waals surface area contributed by atoms with Crippen LogP contribution in [0.5, 0.6) is 0 Å². The van der Waals surface area contributed by atoms with Gasteiger partial charge in [-0.2, -0.15) is 0 Å². The molecular weight excluding hydrogens is 290 g/mol. The number of amides is 2. The Morgan fingerprint density at radius 1 is 1.09 bits per heavy atom. The molecule has 2 amide bonds. The molecule has 0 fully saturated rings. The number of carbonyl (C=O) groups excluding carboxylic acids is 2. The number of hydrogen-bond acceptors (Lipinski definition) is 3. The Labute approximate surface area is 139 Å². The van der Waals surface area contributed by atoms with Crippen LogP contribution in [0.2, 0.25) is 0 Å². The summed E-state index contributed by atoms with van der Waals surface area (Å²) in [6.45, 7) is 9.03. The van der Waals surface area contributed by atoms with E-state index in [0.717, 1.165) is 32.5 Å². The maximum absolute atomic E-state index is 12.3. The Hall–Kier alpha value is -1.88. The molecule has 0 aliphatic heterocycles. The van der Waals surface area contributed by atoms with E-state index >= 15 is 0 Å². The van der Waals surface area contributed by atoms with Crippen molar-refractivity contribution < 1.29 is 9.59 Å². The van der Waals surface area contributed by atoms with Gasteiger partial charge in [0.2, 0.25) is 5.91 Å². The number of primary amides is 1. The molecule has 1 aromatic carbocycles. The van der Waals surface area contributed by atoms with Gasteiger partial charge in [0.15, 0.2) is 0 Å². The van der Waals surface area contributed by atoms with E-state index in [1.807, 2.05) is 24.3 Å². The zero-order valence-electron chi connectivity index (χ0n) is 14.7. The van der Waals surface area contributed by atoms with E-state index in [0.29, 0.717) is 5.56 Å². The Kier molecular flexibility index (Phi) is 7.75. The van der Waals surface area contributed by atoms with Crippen molar-refractivity contribution in [3.63, 3.8) is 0 Å². The van der Waals surface area contributed by atoms with Gasteiger partial charge in [0, 0.05) is 19.2 Å². The summed E-state index contributed by atoms with van der Waals surface area (Å²) >= 11 is 0. The topological polar surface area (TPSA) is 66.6 Å². The Balaban J connectivity index is 2.75. The van der Waals surface area contributed by atoms with Crippen molar-refractivity contribution in [2.45, 2.75) is 46.2 Å². The smallest absolute Gasteiger partial charge is 0.254 e. The lowest BCUT2D eigenvalue weighted by atomic mass is 10.1. The Morgan fingerprint density at radius 3 is 2.04 bits per heavy atom. The van der Waals surface area contributed by atoms with E-state index in [-0.39, 0.29) is 5.91 Å². The molecule has 23 heavy (non-hydrogen) atoms. The summed E-state index contributed by atoms with van der Waals surface area (Å²) in [5.74, 6) is -0.700. The normalized spacial score (nSPS) is 12.2. The molecule has 0 saturated heterocycles. The third-order valence-electron chi connectivity index (χ3n) is 4.00. The second-order valence-electron chi connectivity index (χ2n) is 5.97. The summed E-state index contributed by atoms with van der Waals surface area (Å²) in [5, 5.41) is 0. The number of hydrogen-bond donors (Lipinski definition) is 1. The van der Waals surface area contributed by atoms with Gasteiger partial charge < -0.3 is 10.6 Å². The van der Waals surface area contributed by atoms with E-state index in [9.17, 15) is 9.59 Å². The third kappa shape index (κ3) is 5.67. The average Bonchev–Trinajstić information content (AvgIpc) is 2.54. The van der Waals surface area contributed by atoms with Gasteiger partial charge in [-0.15, -0.1) is 0 Å². The first-order chi connectivity index (χ1) is 10.9. The molecule has 5 nitrogen and oxygen atoms in total. The largest absolute Gasteiger partial charge is 0.368 e. The highest BCUT2D eigenvalue weighted by Gasteiger charge is 2.21. The van der Waals surface area contributed by atoms with Crippen LogP contribution in [-0.2, 0) is 11.3 Å². The molecular formula is C18H29N3O2. The lowest BCUT2D eigenvalue weighted by molar-refractivity contribution is -0.121. The van der Waals surface area contributed by atoms with Crippen molar-refractivity contribution in [3.8, 4) is 0 Å². The molecule has 1 aromatic rings. The lowest BCUT2D eigenvalue weighted by Crippen LogP contribution is -2.43. The SMILES string of the molecule is CCCN(CCC)Cc1ccc(C(=O)N(C)C(C)C(N)=O)cc1. The zero-order chi connectivity index (χ0) is 17.4. The van der Waals surface area contributed by atoms with Crippen LogP contribution in [0.4, 0.5) is 0 Å². The van der Waals surface area contributed by atoms with Crippen molar-refractivity contribution in [2.24, 2.45) is 5.73 Å². The summed E-state index contributed by atoms with van der Waals surface area (Å²) in [4.78, 5) is 27.3. The molecule has 0 radical (unpaired) electrons. The molecule has 1 rings (SSSR count). The maximum Gasteiger partial charge on any atom is 0.254 e. The molecule has 0 saturated carbocycles. The van der Waals surface area contributed by atoms with Gasteiger partial charge in [-0.3, -0.25) is 14.5 Å². The number of carbonyl (C=O) groups is 2. The van der Waals surface area contributed by atoms with E-state index < -0.39 is 11.9 Å². The molecule has 0 aliphatic rings. The fourth-order valence-electron chi connectivity index (χ4n) is 2.48. The first kappa shape index (κ1) is 19.2. The predicted molar refractivity (Wildman–Crippen MR) is 93.1 cm³/mol. The van der Waals surface area contributed by atoms with Crippen molar-refractivity contribution in [1.82, 2.24) is 9.80 Å². The maximum atomic E-state index is 12.3. The molecule has 0 bridgehead atoms. The predicted octanol–water partition coefficient (Wildman–Crippen LogP) is 2.25. The fraction of sp³-hybridized carbons (Fsp3) is 0.556. The first-order valence-electron chi connectivity index (χ1n) is 8.28. The molecule has 0 aliphatic carbocycles. The molecule has 5 heteroatoms. The van der Waals surface area contributed by atoms with Crippen LogP contribution in [0.25, 0.3) is 0 Å². The second kappa shape index (κ2) is 9.30. The minimum atomic E-state index is -0.619.